The summed E-state index contributed by atoms with van der Waals surface area (Å²) in [6.45, 7) is 0. The van der Waals surface area contributed by atoms with Crippen molar-refractivity contribution in [3.05, 3.63) is 39.7 Å². The first kappa shape index (κ1) is 13.6. The highest BCUT2D eigenvalue weighted by molar-refractivity contribution is 5.72. The lowest BCUT2D eigenvalue weighted by Crippen LogP contribution is -1.96. The summed E-state index contributed by atoms with van der Waals surface area (Å²) in [6.07, 6.45) is 2.67. The normalized spacial score (nSPS) is 10.6. The van der Waals surface area contributed by atoms with Crippen LogP contribution in [-0.2, 0) is 9.53 Å². The number of halogens is 1. The summed E-state index contributed by atoms with van der Waals surface area (Å²) in [7, 11) is 1.22. The number of nitro groups is 1. The third-order valence-corrected chi connectivity index (χ3v) is 2.08. The lowest BCUT2D eigenvalue weighted by Gasteiger charge is -2.00. The Labute approximate surface area is 101 Å². The molecule has 0 spiro atoms. The van der Waals surface area contributed by atoms with Crippen molar-refractivity contribution in [3.8, 4) is 5.75 Å². The fourth-order valence-electron chi connectivity index (χ4n) is 1.21. The molecule has 7 heteroatoms. The lowest BCUT2D eigenvalue weighted by molar-refractivity contribution is -0.386. The molecule has 1 aromatic carbocycles. The van der Waals surface area contributed by atoms with Gasteiger partial charge in [0.2, 0.25) is 5.75 Å². The van der Waals surface area contributed by atoms with E-state index in [1.165, 1.54) is 19.3 Å². The molecular formula is C11H10FNO5. The summed E-state index contributed by atoms with van der Waals surface area (Å²) in [5.41, 5.74) is -0.561. The van der Waals surface area contributed by atoms with Gasteiger partial charge in [0.1, 0.15) is 0 Å². The second-order valence-electron chi connectivity index (χ2n) is 3.31. The van der Waals surface area contributed by atoms with Crippen molar-refractivity contribution in [1.82, 2.24) is 0 Å². The Balaban J connectivity index is 2.97. The fourth-order valence-corrected chi connectivity index (χ4v) is 1.21. The maximum Gasteiger partial charge on any atom is 0.314 e. The van der Waals surface area contributed by atoms with Gasteiger partial charge in [0, 0.05) is 6.07 Å². The second-order valence-corrected chi connectivity index (χ2v) is 3.31. The van der Waals surface area contributed by atoms with Gasteiger partial charge in [-0.15, -0.1) is 0 Å². The van der Waals surface area contributed by atoms with E-state index in [0.717, 1.165) is 12.1 Å². The Morgan fingerprint density at radius 3 is 2.83 bits per heavy atom. The predicted molar refractivity (Wildman–Crippen MR) is 60.4 cm³/mol. The van der Waals surface area contributed by atoms with Crippen LogP contribution in [0.2, 0.25) is 0 Å². The molecule has 1 aromatic rings. The molecule has 0 aliphatic heterocycles. The van der Waals surface area contributed by atoms with Gasteiger partial charge in [-0.1, -0.05) is 12.2 Å². The zero-order valence-corrected chi connectivity index (χ0v) is 9.42. The minimum atomic E-state index is -1.10. The molecule has 18 heavy (non-hydrogen) atoms. The van der Waals surface area contributed by atoms with Crippen LogP contribution < -0.4 is 0 Å². The van der Waals surface area contributed by atoms with Crippen molar-refractivity contribution >= 4 is 17.7 Å². The van der Waals surface area contributed by atoms with Crippen LogP contribution in [0.3, 0.4) is 0 Å². The summed E-state index contributed by atoms with van der Waals surface area (Å²) in [6, 6.07) is 1.93. The second kappa shape index (κ2) is 5.76. The van der Waals surface area contributed by atoms with Crippen LogP contribution in [0.1, 0.15) is 12.0 Å². The molecule has 0 aromatic heterocycles. The number of esters is 1. The standard InChI is InChI=1S/C11H10FNO5/c1-18-10(14)4-2-3-7-5-8(12)11(15)9(6-7)13(16)17/h2-3,5-6,15H,4H2,1H3. The van der Waals surface area contributed by atoms with E-state index in [1.807, 2.05) is 0 Å². The summed E-state index contributed by atoms with van der Waals surface area (Å²) in [5.74, 6) is -2.59. The van der Waals surface area contributed by atoms with E-state index >= 15 is 0 Å². The van der Waals surface area contributed by atoms with E-state index < -0.39 is 28.1 Å². The van der Waals surface area contributed by atoms with Gasteiger partial charge in [0.05, 0.1) is 18.5 Å². The fraction of sp³-hybridized carbons (Fsp3) is 0.182. The van der Waals surface area contributed by atoms with Crippen molar-refractivity contribution in [2.24, 2.45) is 0 Å². The highest BCUT2D eigenvalue weighted by Gasteiger charge is 2.18. The van der Waals surface area contributed by atoms with Gasteiger partial charge in [0.15, 0.2) is 5.82 Å². The Kier molecular flexibility index (Phi) is 4.36. The number of benzene rings is 1. The third-order valence-electron chi connectivity index (χ3n) is 2.08. The highest BCUT2D eigenvalue weighted by Crippen LogP contribution is 2.30. The molecule has 1 rings (SSSR count). The van der Waals surface area contributed by atoms with E-state index in [-0.39, 0.29) is 12.0 Å². The van der Waals surface area contributed by atoms with Crippen LogP contribution in [0.25, 0.3) is 6.08 Å². The average Bonchev–Trinajstić information content (AvgIpc) is 2.32. The quantitative estimate of drug-likeness (QED) is 0.505. The maximum absolute atomic E-state index is 13.2. The summed E-state index contributed by atoms with van der Waals surface area (Å²) in [5, 5.41) is 19.7. The number of phenolic OH excluding ortho intramolecular Hbond substituents is 1. The molecule has 0 radical (unpaired) electrons. The number of phenols is 1. The topological polar surface area (TPSA) is 89.7 Å². The van der Waals surface area contributed by atoms with Crippen LogP contribution in [0.4, 0.5) is 10.1 Å². The summed E-state index contributed by atoms with van der Waals surface area (Å²) in [4.78, 5) is 20.4. The minimum Gasteiger partial charge on any atom is -0.500 e. The Hall–Kier alpha value is -2.44. The molecule has 0 saturated carbocycles. The van der Waals surface area contributed by atoms with Gasteiger partial charge < -0.3 is 9.84 Å². The molecule has 0 atom stereocenters. The Morgan fingerprint density at radius 2 is 2.28 bits per heavy atom. The van der Waals surface area contributed by atoms with E-state index in [4.69, 9.17) is 5.11 Å². The van der Waals surface area contributed by atoms with Crippen LogP contribution >= 0.6 is 0 Å². The first-order valence-corrected chi connectivity index (χ1v) is 4.86. The molecule has 0 unspecified atom stereocenters. The molecule has 1 N–H and O–H groups in total. The number of aromatic hydroxyl groups is 1. The van der Waals surface area contributed by atoms with Gasteiger partial charge >= 0.3 is 11.7 Å². The van der Waals surface area contributed by atoms with Gasteiger partial charge in [-0.2, -0.15) is 0 Å². The predicted octanol–water partition coefficient (Wildman–Crippen LogP) is 2.02. The van der Waals surface area contributed by atoms with E-state index in [0.29, 0.717) is 0 Å². The molecule has 6 nitrogen and oxygen atoms in total. The van der Waals surface area contributed by atoms with Crippen molar-refractivity contribution in [1.29, 1.82) is 0 Å². The monoisotopic (exact) mass is 255 g/mol. The van der Waals surface area contributed by atoms with E-state index in [1.54, 1.807) is 0 Å². The van der Waals surface area contributed by atoms with Crippen molar-refractivity contribution in [2.75, 3.05) is 7.11 Å². The third kappa shape index (κ3) is 3.27. The molecule has 0 amide bonds. The van der Waals surface area contributed by atoms with Crippen LogP contribution in [0.5, 0.6) is 5.75 Å². The molecule has 0 fully saturated rings. The smallest absolute Gasteiger partial charge is 0.314 e. The number of hydrogen-bond acceptors (Lipinski definition) is 5. The Bertz CT molecular complexity index is 512. The van der Waals surface area contributed by atoms with Crippen molar-refractivity contribution in [2.45, 2.75) is 6.42 Å². The molecule has 0 saturated heterocycles. The zero-order chi connectivity index (χ0) is 13.7. The lowest BCUT2D eigenvalue weighted by atomic mass is 10.1. The summed E-state index contributed by atoms with van der Waals surface area (Å²) >= 11 is 0. The zero-order valence-electron chi connectivity index (χ0n) is 9.42. The van der Waals surface area contributed by atoms with Crippen LogP contribution in [0, 0.1) is 15.9 Å². The molecular weight excluding hydrogens is 245 g/mol. The number of hydrogen-bond donors (Lipinski definition) is 1. The minimum absolute atomic E-state index is 0.0349. The van der Waals surface area contributed by atoms with Gasteiger partial charge in [-0.25, -0.2) is 4.39 Å². The number of carbonyl (C=O) groups excluding carboxylic acids is 1. The van der Waals surface area contributed by atoms with E-state index in [2.05, 4.69) is 4.74 Å². The molecule has 0 aliphatic rings. The van der Waals surface area contributed by atoms with Gasteiger partial charge in [0.25, 0.3) is 0 Å². The average molecular weight is 255 g/mol. The van der Waals surface area contributed by atoms with Crippen LogP contribution in [-0.4, -0.2) is 23.1 Å². The van der Waals surface area contributed by atoms with Gasteiger partial charge in [-0.05, 0) is 11.6 Å². The highest BCUT2D eigenvalue weighted by atomic mass is 19.1. The molecule has 0 heterocycles. The number of ether oxygens (including phenoxy) is 1. The number of carbonyl (C=O) groups is 1. The Morgan fingerprint density at radius 1 is 1.61 bits per heavy atom. The van der Waals surface area contributed by atoms with Crippen molar-refractivity contribution in [3.63, 3.8) is 0 Å². The van der Waals surface area contributed by atoms with Crippen molar-refractivity contribution < 1.29 is 24.0 Å². The number of methoxy groups -OCH3 is 1. The molecule has 96 valence electrons. The largest absolute Gasteiger partial charge is 0.500 e. The number of nitrogens with zero attached hydrogens (tertiary/aromatic N) is 1. The van der Waals surface area contributed by atoms with E-state index in [9.17, 15) is 19.3 Å². The SMILES string of the molecule is COC(=O)CC=Cc1cc(F)c(O)c([N+](=O)[O-])c1. The molecule has 0 bridgehead atoms. The number of nitro benzene ring substituents is 1. The van der Waals surface area contributed by atoms with Gasteiger partial charge in [-0.3, -0.25) is 14.9 Å². The molecule has 0 aliphatic carbocycles. The first-order chi connectivity index (χ1) is 8.45. The first-order valence-electron chi connectivity index (χ1n) is 4.86. The maximum atomic E-state index is 13.2. The number of rotatable bonds is 4. The summed E-state index contributed by atoms with van der Waals surface area (Å²) < 4.78 is 17.6. The van der Waals surface area contributed by atoms with Crippen LogP contribution in [0.15, 0.2) is 18.2 Å².